The number of nitro groups is 1. The fourth-order valence-corrected chi connectivity index (χ4v) is 6.57. The van der Waals surface area contributed by atoms with Crippen molar-refractivity contribution in [1.82, 2.24) is 4.31 Å². The third-order valence-electron chi connectivity index (χ3n) is 5.24. The molecule has 0 amide bonds. The number of anilines is 1. The van der Waals surface area contributed by atoms with E-state index in [2.05, 4.69) is 37.8 Å². The Labute approximate surface area is 209 Å². The summed E-state index contributed by atoms with van der Waals surface area (Å²) in [6.07, 6.45) is 6.13. The summed E-state index contributed by atoms with van der Waals surface area (Å²) in [5.41, 5.74) is 1.84. The Bertz CT molecular complexity index is 1180. The summed E-state index contributed by atoms with van der Waals surface area (Å²) in [5.74, 6) is 2.45. The summed E-state index contributed by atoms with van der Waals surface area (Å²) >= 11 is 13.0. The molecule has 1 aliphatic rings. The number of fused-ring (bicyclic) bond motifs is 1. The Balaban J connectivity index is 2.19. The van der Waals surface area contributed by atoms with Crippen LogP contribution in [0, 0.1) is 22.5 Å². The average molecular weight is 606 g/mol. The first-order chi connectivity index (χ1) is 15.2. The topological polar surface area (TPSA) is 83.8 Å². The molecular weight excluding hydrogens is 586 g/mol. The number of hydrogen-bond donors (Lipinski definition) is 0. The summed E-state index contributed by atoms with van der Waals surface area (Å²) in [7, 11) is -4.10. The molecule has 11 heteroatoms. The van der Waals surface area contributed by atoms with Crippen LogP contribution >= 0.6 is 43.5 Å². The van der Waals surface area contributed by atoms with Crippen LogP contribution in [0.15, 0.2) is 35.2 Å². The van der Waals surface area contributed by atoms with Gasteiger partial charge >= 0.3 is 0 Å². The summed E-state index contributed by atoms with van der Waals surface area (Å²) in [6, 6.07) is 7.75. The van der Waals surface area contributed by atoms with Gasteiger partial charge < -0.3 is 4.90 Å². The number of terminal acetylenes is 1. The van der Waals surface area contributed by atoms with E-state index >= 15 is 0 Å². The molecule has 1 aliphatic heterocycles. The number of hydrogen-bond acceptors (Lipinski definition) is 5. The number of nitrogens with zero attached hydrogens (tertiary/aromatic N) is 3. The number of halogens is 3. The number of alkyl halides is 2. The number of benzene rings is 2. The van der Waals surface area contributed by atoms with Crippen LogP contribution in [0.2, 0.25) is 5.02 Å². The second-order valence-corrected chi connectivity index (χ2v) is 11.0. The molecule has 0 aromatic heterocycles. The first kappa shape index (κ1) is 25.0. The highest BCUT2D eigenvalue weighted by Gasteiger charge is 2.34. The molecule has 170 valence electrons. The zero-order valence-corrected chi connectivity index (χ0v) is 21.7. The van der Waals surface area contributed by atoms with Gasteiger partial charge in [-0.3, -0.25) is 10.1 Å². The summed E-state index contributed by atoms with van der Waals surface area (Å²) in [5, 5.41) is 13.3. The molecule has 2 aromatic carbocycles. The minimum absolute atomic E-state index is 0.128. The van der Waals surface area contributed by atoms with Crippen LogP contribution < -0.4 is 4.90 Å². The first-order valence-corrected chi connectivity index (χ1v) is 13.7. The van der Waals surface area contributed by atoms with E-state index in [0.29, 0.717) is 40.9 Å². The third-order valence-corrected chi connectivity index (χ3v) is 8.16. The van der Waals surface area contributed by atoms with Crippen molar-refractivity contribution in [2.45, 2.75) is 17.9 Å². The van der Waals surface area contributed by atoms with Crippen LogP contribution in [-0.2, 0) is 23.0 Å². The van der Waals surface area contributed by atoms with Gasteiger partial charge in [-0.15, -0.1) is 6.42 Å². The van der Waals surface area contributed by atoms with Crippen molar-refractivity contribution in [3.63, 3.8) is 0 Å². The van der Waals surface area contributed by atoms with Crippen LogP contribution in [0.3, 0.4) is 0 Å². The minimum atomic E-state index is -4.10. The standard InChI is InChI=1S/C21H20Br2ClN3O4S/c1-2-15-12-17(27(28)29)13-20(21(15)25(10-7-22)11-8-23)32(30,31)26-9-6-18-16(14-26)4-3-5-19(18)24/h1,3-5,12-13H,6-11,14H2. The Morgan fingerprint density at radius 1 is 1.25 bits per heavy atom. The molecule has 1 heterocycles. The van der Waals surface area contributed by atoms with Crippen LogP contribution in [0.5, 0.6) is 0 Å². The maximum Gasteiger partial charge on any atom is 0.272 e. The Hall–Kier alpha value is -1.64. The molecule has 0 N–H and O–H groups in total. The zero-order chi connectivity index (χ0) is 23.5. The fraction of sp³-hybridized carbons (Fsp3) is 0.333. The largest absolute Gasteiger partial charge is 0.368 e. The van der Waals surface area contributed by atoms with E-state index in [-0.39, 0.29) is 29.2 Å². The molecule has 0 spiro atoms. The van der Waals surface area contributed by atoms with Gasteiger partial charge in [-0.1, -0.05) is 61.5 Å². The fourth-order valence-electron chi connectivity index (χ4n) is 3.75. The molecule has 32 heavy (non-hydrogen) atoms. The second kappa shape index (κ2) is 10.5. The molecule has 3 rings (SSSR count). The van der Waals surface area contributed by atoms with Crippen LogP contribution in [0.1, 0.15) is 16.7 Å². The molecule has 7 nitrogen and oxygen atoms in total. The van der Waals surface area contributed by atoms with E-state index in [1.165, 1.54) is 10.4 Å². The normalized spacial score (nSPS) is 13.9. The molecular formula is C21H20Br2ClN3O4S. The second-order valence-electron chi connectivity index (χ2n) is 7.07. The van der Waals surface area contributed by atoms with Gasteiger partial charge in [0.2, 0.25) is 10.0 Å². The monoisotopic (exact) mass is 603 g/mol. The molecule has 0 saturated carbocycles. The number of nitro benzene ring substituents is 1. The minimum Gasteiger partial charge on any atom is -0.368 e. The molecule has 2 aromatic rings. The van der Waals surface area contributed by atoms with Crippen molar-refractivity contribution in [3.8, 4) is 12.3 Å². The van der Waals surface area contributed by atoms with E-state index in [0.717, 1.165) is 17.2 Å². The van der Waals surface area contributed by atoms with Crippen molar-refractivity contribution in [3.05, 3.63) is 62.2 Å². The predicted molar refractivity (Wildman–Crippen MR) is 134 cm³/mol. The number of non-ortho nitro benzene ring substituents is 1. The van der Waals surface area contributed by atoms with E-state index in [9.17, 15) is 18.5 Å². The van der Waals surface area contributed by atoms with Gasteiger partial charge in [-0.25, -0.2) is 8.42 Å². The van der Waals surface area contributed by atoms with Crippen LogP contribution in [0.25, 0.3) is 0 Å². The Morgan fingerprint density at radius 2 is 1.94 bits per heavy atom. The summed E-state index contributed by atoms with van der Waals surface area (Å²) in [4.78, 5) is 12.6. The predicted octanol–water partition coefficient (Wildman–Crippen LogP) is 4.57. The highest BCUT2D eigenvalue weighted by Crippen LogP contribution is 2.37. The lowest BCUT2D eigenvalue weighted by molar-refractivity contribution is -0.385. The molecule has 0 aliphatic carbocycles. The molecule has 0 radical (unpaired) electrons. The molecule has 0 unspecified atom stereocenters. The lowest BCUT2D eigenvalue weighted by Gasteiger charge is -2.32. The lowest BCUT2D eigenvalue weighted by atomic mass is 10.0. The average Bonchev–Trinajstić information content (AvgIpc) is 2.77. The summed E-state index contributed by atoms with van der Waals surface area (Å²) in [6.45, 7) is 1.28. The maximum absolute atomic E-state index is 13.8. The van der Waals surface area contributed by atoms with Crippen molar-refractivity contribution < 1.29 is 13.3 Å². The zero-order valence-electron chi connectivity index (χ0n) is 16.9. The van der Waals surface area contributed by atoms with Gasteiger partial charge in [0.25, 0.3) is 5.69 Å². The van der Waals surface area contributed by atoms with E-state index < -0.39 is 14.9 Å². The van der Waals surface area contributed by atoms with E-state index in [1.807, 2.05) is 11.0 Å². The SMILES string of the molecule is C#Cc1cc([N+](=O)[O-])cc(S(=O)(=O)N2CCc3c(Cl)cccc3C2)c1N(CCBr)CCBr. The quantitative estimate of drug-likeness (QED) is 0.191. The highest BCUT2D eigenvalue weighted by molar-refractivity contribution is 9.09. The number of rotatable bonds is 8. The van der Waals surface area contributed by atoms with Gasteiger partial charge in [0.15, 0.2) is 0 Å². The van der Waals surface area contributed by atoms with E-state index in [1.54, 1.807) is 12.1 Å². The van der Waals surface area contributed by atoms with Gasteiger partial charge in [0.05, 0.1) is 16.2 Å². The molecule has 0 bridgehead atoms. The van der Waals surface area contributed by atoms with Crippen molar-refractivity contribution in [1.29, 1.82) is 0 Å². The van der Waals surface area contributed by atoms with Crippen molar-refractivity contribution in [2.75, 3.05) is 35.2 Å². The van der Waals surface area contributed by atoms with Gasteiger partial charge in [-0.05, 0) is 23.6 Å². The first-order valence-electron chi connectivity index (χ1n) is 9.67. The van der Waals surface area contributed by atoms with E-state index in [4.69, 9.17) is 18.0 Å². The highest BCUT2D eigenvalue weighted by atomic mass is 79.9. The smallest absolute Gasteiger partial charge is 0.272 e. The molecule has 0 atom stereocenters. The Kier molecular flexibility index (Phi) is 8.22. The molecule has 0 fully saturated rings. The third kappa shape index (κ3) is 4.97. The summed E-state index contributed by atoms with van der Waals surface area (Å²) < 4.78 is 28.9. The maximum atomic E-state index is 13.8. The van der Waals surface area contributed by atoms with Gasteiger partial charge in [-0.2, -0.15) is 4.31 Å². The molecule has 0 saturated heterocycles. The van der Waals surface area contributed by atoms with Crippen LogP contribution in [0.4, 0.5) is 11.4 Å². The Morgan fingerprint density at radius 3 is 2.53 bits per heavy atom. The van der Waals surface area contributed by atoms with Gasteiger partial charge in [0.1, 0.15) is 4.90 Å². The van der Waals surface area contributed by atoms with Gasteiger partial charge in [0, 0.05) is 54.0 Å². The van der Waals surface area contributed by atoms with Crippen molar-refractivity contribution >= 4 is 64.9 Å². The van der Waals surface area contributed by atoms with Crippen LogP contribution in [-0.4, -0.2) is 47.9 Å². The van der Waals surface area contributed by atoms with Crippen molar-refractivity contribution in [2.24, 2.45) is 0 Å². The number of sulfonamides is 1. The lowest BCUT2D eigenvalue weighted by Crippen LogP contribution is -2.38.